The van der Waals surface area contributed by atoms with Gasteiger partial charge < -0.3 is 15.2 Å². The summed E-state index contributed by atoms with van der Waals surface area (Å²) in [5.74, 6) is 0.452. The number of amides is 1. The van der Waals surface area contributed by atoms with Crippen molar-refractivity contribution in [2.75, 3.05) is 13.7 Å². The summed E-state index contributed by atoms with van der Waals surface area (Å²) in [7, 11) is 1.56. The SMILES string of the molecule is CCC(CCO)NC(=O)/C=C/c1cc(Cl)ccc1OC. The third-order valence-corrected chi connectivity index (χ3v) is 3.16. The summed E-state index contributed by atoms with van der Waals surface area (Å²) >= 11 is 5.92. The summed E-state index contributed by atoms with van der Waals surface area (Å²) in [6.45, 7) is 2.02. The molecule has 1 aromatic carbocycles. The van der Waals surface area contributed by atoms with Gasteiger partial charge in [0.15, 0.2) is 0 Å². The van der Waals surface area contributed by atoms with Crippen molar-refractivity contribution in [3.05, 3.63) is 34.9 Å². The number of carbonyl (C=O) groups excluding carboxylic acids is 1. The lowest BCUT2D eigenvalue weighted by Gasteiger charge is -2.14. The van der Waals surface area contributed by atoms with Crippen LogP contribution >= 0.6 is 11.6 Å². The minimum atomic E-state index is -0.202. The summed E-state index contributed by atoms with van der Waals surface area (Å²) < 4.78 is 5.20. The van der Waals surface area contributed by atoms with E-state index in [0.29, 0.717) is 17.2 Å². The molecule has 0 heterocycles. The van der Waals surface area contributed by atoms with Gasteiger partial charge in [0.05, 0.1) is 7.11 Å². The van der Waals surface area contributed by atoms with E-state index in [4.69, 9.17) is 21.4 Å². The molecule has 4 nitrogen and oxygen atoms in total. The van der Waals surface area contributed by atoms with E-state index in [0.717, 1.165) is 12.0 Å². The molecule has 20 heavy (non-hydrogen) atoms. The first kappa shape index (κ1) is 16.5. The summed E-state index contributed by atoms with van der Waals surface area (Å²) in [5, 5.41) is 12.3. The standard InChI is InChI=1S/C15H20ClNO3/c1-3-13(8-9-18)17-15(19)7-4-11-10-12(16)5-6-14(11)20-2/h4-7,10,13,18H,3,8-9H2,1-2H3,(H,17,19)/b7-4+. The fraction of sp³-hybridized carbons (Fsp3) is 0.400. The molecule has 1 rings (SSSR count). The van der Waals surface area contributed by atoms with E-state index in [9.17, 15) is 4.79 Å². The number of aliphatic hydroxyl groups is 1. The third-order valence-electron chi connectivity index (χ3n) is 2.92. The van der Waals surface area contributed by atoms with Crippen LogP contribution in [0.4, 0.5) is 0 Å². The highest BCUT2D eigenvalue weighted by Gasteiger charge is 2.07. The van der Waals surface area contributed by atoms with E-state index in [-0.39, 0.29) is 18.6 Å². The second-order valence-electron chi connectivity index (χ2n) is 4.35. The first-order valence-electron chi connectivity index (χ1n) is 6.53. The molecule has 0 aliphatic heterocycles. The van der Waals surface area contributed by atoms with Gasteiger partial charge in [0.2, 0.25) is 5.91 Å². The number of aliphatic hydroxyl groups excluding tert-OH is 1. The Morgan fingerprint density at radius 1 is 1.55 bits per heavy atom. The van der Waals surface area contributed by atoms with E-state index in [1.807, 2.05) is 6.92 Å². The zero-order valence-corrected chi connectivity index (χ0v) is 12.5. The average Bonchev–Trinajstić information content (AvgIpc) is 2.44. The predicted octanol–water partition coefficient (Wildman–Crippen LogP) is 2.64. The van der Waals surface area contributed by atoms with Gasteiger partial charge in [-0.25, -0.2) is 0 Å². The van der Waals surface area contributed by atoms with Crippen LogP contribution in [0.5, 0.6) is 5.75 Å². The molecule has 1 atom stereocenters. The lowest BCUT2D eigenvalue weighted by Crippen LogP contribution is -2.33. The molecule has 1 aromatic rings. The fourth-order valence-electron chi connectivity index (χ4n) is 1.78. The molecule has 0 saturated carbocycles. The summed E-state index contributed by atoms with van der Waals surface area (Å²) in [6.07, 6.45) is 4.43. The maximum absolute atomic E-state index is 11.8. The van der Waals surface area contributed by atoms with Crippen molar-refractivity contribution in [3.8, 4) is 5.75 Å². The molecule has 0 fully saturated rings. The van der Waals surface area contributed by atoms with Crippen LogP contribution in [0, 0.1) is 0 Å². The van der Waals surface area contributed by atoms with Gasteiger partial charge in [-0.05, 0) is 37.1 Å². The molecule has 0 aromatic heterocycles. The monoisotopic (exact) mass is 297 g/mol. The number of halogens is 1. The van der Waals surface area contributed by atoms with E-state index in [2.05, 4.69) is 5.32 Å². The summed E-state index contributed by atoms with van der Waals surface area (Å²) in [5.41, 5.74) is 0.741. The Morgan fingerprint density at radius 2 is 2.30 bits per heavy atom. The maximum Gasteiger partial charge on any atom is 0.244 e. The van der Waals surface area contributed by atoms with Gasteiger partial charge in [0.25, 0.3) is 0 Å². The number of carbonyl (C=O) groups is 1. The maximum atomic E-state index is 11.8. The van der Waals surface area contributed by atoms with Crippen molar-refractivity contribution in [2.45, 2.75) is 25.8 Å². The van der Waals surface area contributed by atoms with E-state index >= 15 is 0 Å². The fourth-order valence-corrected chi connectivity index (χ4v) is 1.96. The smallest absolute Gasteiger partial charge is 0.244 e. The Morgan fingerprint density at radius 3 is 2.90 bits per heavy atom. The van der Waals surface area contributed by atoms with Crippen LogP contribution in [0.15, 0.2) is 24.3 Å². The molecule has 0 spiro atoms. The number of nitrogens with one attached hydrogen (secondary N) is 1. The van der Waals surface area contributed by atoms with Gasteiger partial charge >= 0.3 is 0 Å². The molecule has 110 valence electrons. The topological polar surface area (TPSA) is 58.6 Å². The van der Waals surface area contributed by atoms with Crippen molar-refractivity contribution in [2.24, 2.45) is 0 Å². The zero-order chi connectivity index (χ0) is 15.0. The van der Waals surface area contributed by atoms with Crippen LogP contribution in [-0.2, 0) is 4.79 Å². The van der Waals surface area contributed by atoms with Crippen LogP contribution in [-0.4, -0.2) is 30.8 Å². The molecule has 0 aliphatic carbocycles. The lowest BCUT2D eigenvalue weighted by atomic mass is 10.1. The second-order valence-corrected chi connectivity index (χ2v) is 4.78. The van der Waals surface area contributed by atoms with Crippen molar-refractivity contribution < 1.29 is 14.6 Å². The van der Waals surface area contributed by atoms with Crippen molar-refractivity contribution in [3.63, 3.8) is 0 Å². The van der Waals surface area contributed by atoms with Crippen LogP contribution in [0.2, 0.25) is 5.02 Å². The minimum absolute atomic E-state index is 0.0154. The third kappa shape index (κ3) is 5.23. The van der Waals surface area contributed by atoms with Gasteiger partial charge in [-0.2, -0.15) is 0 Å². The van der Waals surface area contributed by atoms with Crippen LogP contribution in [0.25, 0.3) is 6.08 Å². The molecule has 1 unspecified atom stereocenters. The molecule has 0 radical (unpaired) electrons. The first-order chi connectivity index (χ1) is 9.60. The quantitative estimate of drug-likeness (QED) is 0.761. The first-order valence-corrected chi connectivity index (χ1v) is 6.91. The highest BCUT2D eigenvalue weighted by molar-refractivity contribution is 6.30. The van der Waals surface area contributed by atoms with Crippen molar-refractivity contribution in [1.82, 2.24) is 5.32 Å². The molecule has 1 amide bonds. The highest BCUT2D eigenvalue weighted by atomic mass is 35.5. The second kappa shape index (κ2) is 8.61. The molecular formula is C15H20ClNO3. The van der Waals surface area contributed by atoms with E-state index in [1.54, 1.807) is 31.4 Å². The minimum Gasteiger partial charge on any atom is -0.496 e. The number of methoxy groups -OCH3 is 1. The largest absolute Gasteiger partial charge is 0.496 e. The summed E-state index contributed by atoms with van der Waals surface area (Å²) in [4.78, 5) is 11.8. The number of benzene rings is 1. The van der Waals surface area contributed by atoms with Gasteiger partial charge in [-0.15, -0.1) is 0 Å². The van der Waals surface area contributed by atoms with Crippen LogP contribution in [0.1, 0.15) is 25.3 Å². The molecule has 5 heteroatoms. The molecule has 2 N–H and O–H groups in total. The Labute approximate surface area is 124 Å². The zero-order valence-electron chi connectivity index (χ0n) is 11.7. The van der Waals surface area contributed by atoms with Gasteiger partial charge in [-0.1, -0.05) is 18.5 Å². The average molecular weight is 298 g/mol. The molecule has 0 bridgehead atoms. The number of hydrogen-bond acceptors (Lipinski definition) is 3. The number of rotatable bonds is 7. The van der Waals surface area contributed by atoms with Gasteiger partial charge in [-0.3, -0.25) is 4.79 Å². The Hall–Kier alpha value is -1.52. The van der Waals surface area contributed by atoms with Gasteiger partial charge in [0, 0.05) is 29.3 Å². The number of hydrogen-bond donors (Lipinski definition) is 2. The summed E-state index contributed by atoms with van der Waals surface area (Å²) in [6, 6.07) is 5.19. The lowest BCUT2D eigenvalue weighted by molar-refractivity contribution is -0.117. The van der Waals surface area contributed by atoms with Crippen LogP contribution in [0.3, 0.4) is 0 Å². The predicted molar refractivity (Wildman–Crippen MR) is 81.0 cm³/mol. The van der Waals surface area contributed by atoms with Crippen LogP contribution < -0.4 is 10.1 Å². The van der Waals surface area contributed by atoms with Crippen molar-refractivity contribution >= 4 is 23.6 Å². The Bertz CT molecular complexity index is 474. The van der Waals surface area contributed by atoms with E-state index < -0.39 is 0 Å². The Balaban J connectivity index is 2.72. The molecular weight excluding hydrogens is 278 g/mol. The molecule has 0 aliphatic rings. The number of ether oxygens (including phenoxy) is 1. The van der Waals surface area contributed by atoms with Gasteiger partial charge in [0.1, 0.15) is 5.75 Å². The Kier molecular flexibility index (Phi) is 7.12. The normalized spacial score (nSPS) is 12.4. The molecule has 0 saturated heterocycles. The highest BCUT2D eigenvalue weighted by Crippen LogP contribution is 2.23. The van der Waals surface area contributed by atoms with Crippen molar-refractivity contribution in [1.29, 1.82) is 0 Å². The van der Waals surface area contributed by atoms with E-state index in [1.165, 1.54) is 6.08 Å².